The number of rotatable bonds is 0. The van der Waals surface area contributed by atoms with Crippen molar-refractivity contribution in [3.8, 4) is 0 Å². The van der Waals surface area contributed by atoms with Crippen molar-refractivity contribution in [2.24, 2.45) is 39.9 Å². The van der Waals surface area contributed by atoms with Crippen LogP contribution < -0.4 is 0 Å². The zero-order valence-corrected chi connectivity index (χ0v) is 21.6. The Balaban J connectivity index is 1.31. The van der Waals surface area contributed by atoms with E-state index in [1.807, 2.05) is 6.92 Å². The number of aliphatic hydroxyl groups is 1. The number of hydrogen-bond donors (Lipinski definition) is 1. The quantitative estimate of drug-likeness (QED) is 0.238. The predicted octanol–water partition coefficient (Wildman–Crippen LogP) is 4.03. The Hall–Kier alpha value is -1.92. The third-order valence-corrected chi connectivity index (χ3v) is 13.0. The van der Waals surface area contributed by atoms with Crippen LogP contribution >= 0.6 is 0 Å². The summed E-state index contributed by atoms with van der Waals surface area (Å²) in [5.74, 6) is -0.687. The van der Waals surface area contributed by atoms with Crippen molar-refractivity contribution in [2.75, 3.05) is 0 Å². The second kappa shape index (κ2) is 5.88. The highest BCUT2D eigenvalue weighted by Crippen LogP contribution is 2.81. The molecule has 0 aromatic rings. The minimum absolute atomic E-state index is 0.0230. The van der Waals surface area contributed by atoms with E-state index in [1.54, 1.807) is 0 Å². The second-order valence-corrected chi connectivity index (χ2v) is 14.0. The zero-order chi connectivity index (χ0) is 25.3. The number of carbonyl (C=O) groups is 2. The highest BCUT2D eigenvalue weighted by molar-refractivity contribution is 5.91. The molecule has 12 atom stereocenters. The molecule has 0 aromatic carbocycles. The van der Waals surface area contributed by atoms with Gasteiger partial charge in [-0.1, -0.05) is 37.3 Å². The minimum atomic E-state index is -1.03. The molecule has 3 saturated carbocycles. The molecule has 2 spiro atoms. The van der Waals surface area contributed by atoms with Gasteiger partial charge in [-0.2, -0.15) is 0 Å². The number of allylic oxidation sites excluding steroid dienone is 1. The van der Waals surface area contributed by atoms with Crippen molar-refractivity contribution in [1.82, 2.24) is 0 Å². The average Bonchev–Trinajstić information content (AvgIpc) is 3.13. The molecule has 0 amide bonds. The van der Waals surface area contributed by atoms with E-state index in [0.717, 1.165) is 19.3 Å². The smallest absolute Gasteiger partial charge is 0.334 e. The lowest BCUT2D eigenvalue weighted by atomic mass is 9.55. The van der Waals surface area contributed by atoms with E-state index in [-0.39, 0.29) is 59.0 Å². The highest BCUT2D eigenvalue weighted by atomic mass is 16.6. The lowest BCUT2D eigenvalue weighted by Crippen LogP contribution is -2.49. The van der Waals surface area contributed by atoms with Crippen LogP contribution in [0.15, 0.2) is 36.0 Å². The fourth-order valence-corrected chi connectivity index (χ4v) is 11.0. The van der Waals surface area contributed by atoms with Crippen LogP contribution in [0.1, 0.15) is 66.2 Å². The molecule has 0 radical (unpaired) electrons. The van der Waals surface area contributed by atoms with Crippen LogP contribution in [0.4, 0.5) is 0 Å². The summed E-state index contributed by atoms with van der Waals surface area (Å²) in [6.07, 6.45) is 10.4. The Bertz CT molecular complexity index is 1230. The molecule has 5 aliphatic carbocycles. The Labute approximate surface area is 212 Å². The third-order valence-electron chi connectivity index (χ3n) is 13.0. The summed E-state index contributed by atoms with van der Waals surface area (Å²) in [5, 5.41) is 12.1. The fraction of sp³-hybridized carbons (Fsp3) is 0.733. The molecule has 3 aliphatic heterocycles. The minimum Gasteiger partial charge on any atom is -0.461 e. The van der Waals surface area contributed by atoms with Crippen LogP contribution in [0, 0.1) is 39.9 Å². The first-order valence-corrected chi connectivity index (χ1v) is 13.8. The van der Waals surface area contributed by atoms with E-state index in [2.05, 4.69) is 45.6 Å². The average molecular weight is 493 g/mol. The van der Waals surface area contributed by atoms with E-state index in [1.165, 1.54) is 5.57 Å². The van der Waals surface area contributed by atoms with E-state index in [4.69, 9.17) is 14.2 Å². The molecule has 6 fully saturated rings. The normalized spacial score (nSPS) is 61.5. The molecule has 36 heavy (non-hydrogen) atoms. The monoisotopic (exact) mass is 492 g/mol. The molecule has 6 nitrogen and oxygen atoms in total. The van der Waals surface area contributed by atoms with Crippen LogP contribution in [0.2, 0.25) is 0 Å². The Morgan fingerprint density at radius 1 is 1.06 bits per heavy atom. The molecule has 6 heteroatoms. The largest absolute Gasteiger partial charge is 0.461 e. The molecule has 8 rings (SSSR count). The molecule has 2 bridgehead atoms. The first kappa shape index (κ1) is 22.1. The highest BCUT2D eigenvalue weighted by Gasteiger charge is 2.85. The standard InChI is InChI=1S/C30H36O6/c1-15-6-11-30-19(15)21-18(8-10-27(30,5)36-30)29(24(32)35-21)14-28-13-12-25(29,3)22(28)20-17(7-9-26(28,4)33)16(2)23(31)34-20/h6,12-13,17-22,33H,2,7-11,14H2,1,3-5H3. The summed E-state index contributed by atoms with van der Waals surface area (Å²) in [5.41, 5.74) is -1.71. The van der Waals surface area contributed by atoms with Gasteiger partial charge >= 0.3 is 11.9 Å². The molecular weight excluding hydrogens is 456 g/mol. The fourth-order valence-electron chi connectivity index (χ4n) is 11.0. The SMILES string of the molecule is C=C1C(=O)OC2C1CCC(C)(O)C13C=CC(C)(C21)C1(C3)C(=O)OC2C3C(C)=CCC34OC4(C)CCC21. The maximum absolute atomic E-state index is 14.3. The Morgan fingerprint density at radius 3 is 2.61 bits per heavy atom. The van der Waals surface area contributed by atoms with Gasteiger partial charge in [0.25, 0.3) is 0 Å². The Morgan fingerprint density at radius 2 is 1.83 bits per heavy atom. The van der Waals surface area contributed by atoms with Gasteiger partial charge in [-0.15, -0.1) is 0 Å². The zero-order valence-electron chi connectivity index (χ0n) is 21.6. The molecule has 3 saturated heterocycles. The molecule has 3 heterocycles. The van der Waals surface area contributed by atoms with Crippen LogP contribution in [0.25, 0.3) is 0 Å². The van der Waals surface area contributed by atoms with Crippen LogP contribution in [-0.2, 0) is 23.8 Å². The summed E-state index contributed by atoms with van der Waals surface area (Å²) >= 11 is 0. The number of esters is 2. The van der Waals surface area contributed by atoms with Crippen LogP contribution in [0.3, 0.4) is 0 Å². The van der Waals surface area contributed by atoms with Gasteiger partial charge in [0.2, 0.25) is 0 Å². The first-order chi connectivity index (χ1) is 16.9. The molecule has 12 unspecified atom stereocenters. The lowest BCUT2D eigenvalue weighted by Gasteiger charge is -2.45. The van der Waals surface area contributed by atoms with Gasteiger partial charge in [0.15, 0.2) is 0 Å². The van der Waals surface area contributed by atoms with Gasteiger partial charge in [-0.3, -0.25) is 4.79 Å². The number of ether oxygens (including phenoxy) is 3. The molecule has 1 N–H and O–H groups in total. The third kappa shape index (κ3) is 1.95. The summed E-state index contributed by atoms with van der Waals surface area (Å²) < 4.78 is 19.0. The van der Waals surface area contributed by atoms with Gasteiger partial charge in [-0.05, 0) is 59.3 Å². The van der Waals surface area contributed by atoms with Crippen LogP contribution in [0.5, 0.6) is 0 Å². The van der Waals surface area contributed by atoms with Crippen LogP contribution in [-0.4, -0.2) is 46.1 Å². The first-order valence-electron chi connectivity index (χ1n) is 13.8. The summed E-state index contributed by atoms with van der Waals surface area (Å²) in [7, 11) is 0. The van der Waals surface area contributed by atoms with Gasteiger partial charge in [0.05, 0.1) is 16.6 Å². The number of epoxide rings is 1. The van der Waals surface area contributed by atoms with Gasteiger partial charge in [0, 0.05) is 40.1 Å². The van der Waals surface area contributed by atoms with Crippen molar-refractivity contribution in [1.29, 1.82) is 0 Å². The van der Waals surface area contributed by atoms with Gasteiger partial charge < -0.3 is 19.3 Å². The van der Waals surface area contributed by atoms with E-state index < -0.39 is 21.8 Å². The molecule has 0 aromatic heterocycles. The summed E-state index contributed by atoms with van der Waals surface area (Å²) in [6, 6.07) is 0. The van der Waals surface area contributed by atoms with Gasteiger partial charge in [-0.25, -0.2) is 4.79 Å². The number of carbonyl (C=O) groups excluding carboxylic acids is 2. The lowest BCUT2D eigenvalue weighted by molar-refractivity contribution is -0.155. The summed E-state index contributed by atoms with van der Waals surface area (Å²) in [4.78, 5) is 27.0. The van der Waals surface area contributed by atoms with E-state index in [9.17, 15) is 14.7 Å². The maximum Gasteiger partial charge on any atom is 0.334 e. The van der Waals surface area contributed by atoms with Crippen molar-refractivity contribution < 1.29 is 28.9 Å². The van der Waals surface area contributed by atoms with Crippen molar-refractivity contribution >= 4 is 11.9 Å². The molecular formula is C30H36O6. The second-order valence-electron chi connectivity index (χ2n) is 14.0. The maximum atomic E-state index is 14.3. The number of fused-ring (bicyclic) bond motifs is 5. The van der Waals surface area contributed by atoms with Gasteiger partial charge in [0.1, 0.15) is 17.8 Å². The molecule has 8 aliphatic rings. The predicted molar refractivity (Wildman–Crippen MR) is 129 cm³/mol. The molecule has 192 valence electrons. The topological polar surface area (TPSA) is 85.4 Å². The number of hydrogen-bond acceptors (Lipinski definition) is 6. The van der Waals surface area contributed by atoms with E-state index in [0.29, 0.717) is 24.8 Å². The summed E-state index contributed by atoms with van der Waals surface area (Å²) in [6.45, 7) is 12.6. The van der Waals surface area contributed by atoms with Crippen molar-refractivity contribution in [3.05, 3.63) is 36.0 Å². The van der Waals surface area contributed by atoms with Crippen molar-refractivity contribution in [2.45, 2.75) is 95.2 Å². The van der Waals surface area contributed by atoms with E-state index >= 15 is 0 Å². The van der Waals surface area contributed by atoms with Crippen molar-refractivity contribution in [3.63, 3.8) is 0 Å². The Kier molecular flexibility index (Phi) is 3.61.